The molecule has 0 radical (unpaired) electrons. The van der Waals surface area contributed by atoms with Crippen LogP contribution in [-0.2, 0) is 0 Å². The number of nitrogens with zero attached hydrogens (tertiary/aromatic N) is 3. The molecule has 1 amide bonds. The van der Waals surface area contributed by atoms with Gasteiger partial charge in [0.2, 0.25) is 5.75 Å². The average Bonchev–Trinajstić information content (AvgIpc) is 2.66. The van der Waals surface area contributed by atoms with Gasteiger partial charge in [-0.15, -0.1) is 0 Å². The van der Waals surface area contributed by atoms with Gasteiger partial charge < -0.3 is 14.2 Å². The number of methoxy groups -OCH3 is 3. The molecule has 2 rings (SSSR count). The van der Waals surface area contributed by atoms with Crippen LogP contribution in [0.25, 0.3) is 0 Å². The normalized spacial score (nSPS) is 10.4. The summed E-state index contributed by atoms with van der Waals surface area (Å²) in [5.74, 6) is 0.711. The maximum Gasteiger partial charge on any atom is 0.289 e. The highest BCUT2D eigenvalue weighted by Gasteiger charge is 2.13. The molecule has 0 aliphatic rings. The Labute approximate surface area is 148 Å². The van der Waals surface area contributed by atoms with Gasteiger partial charge in [-0.1, -0.05) is 0 Å². The Kier molecular flexibility index (Phi) is 6.04. The maximum absolute atomic E-state index is 11.9. The minimum atomic E-state index is -0.608. The fraction of sp³-hybridized carbons (Fsp3) is 0.188. The molecule has 0 bridgehead atoms. The summed E-state index contributed by atoms with van der Waals surface area (Å²) in [5, 5.41) is 14.4. The molecule has 1 aromatic carbocycles. The van der Waals surface area contributed by atoms with Crippen LogP contribution in [0.5, 0.6) is 17.2 Å². The third-order valence-corrected chi connectivity index (χ3v) is 3.26. The smallest absolute Gasteiger partial charge is 0.289 e. The Morgan fingerprint density at radius 1 is 1.19 bits per heavy atom. The van der Waals surface area contributed by atoms with E-state index in [-0.39, 0.29) is 11.4 Å². The molecule has 1 N–H and O–H groups in total. The van der Waals surface area contributed by atoms with E-state index in [2.05, 4.69) is 15.5 Å². The lowest BCUT2D eigenvalue weighted by Gasteiger charge is -2.12. The molecule has 0 saturated heterocycles. The fourth-order valence-electron chi connectivity index (χ4n) is 2.03. The van der Waals surface area contributed by atoms with E-state index in [4.69, 9.17) is 14.2 Å². The van der Waals surface area contributed by atoms with E-state index in [1.165, 1.54) is 39.7 Å². The van der Waals surface area contributed by atoms with Crippen LogP contribution >= 0.6 is 0 Å². The van der Waals surface area contributed by atoms with Gasteiger partial charge in [-0.25, -0.2) is 10.4 Å². The van der Waals surface area contributed by atoms with Gasteiger partial charge in [-0.2, -0.15) is 5.10 Å². The lowest BCUT2D eigenvalue weighted by Crippen LogP contribution is -2.18. The van der Waals surface area contributed by atoms with Crippen molar-refractivity contribution in [1.29, 1.82) is 0 Å². The molecule has 10 nitrogen and oxygen atoms in total. The summed E-state index contributed by atoms with van der Waals surface area (Å²) >= 11 is 0. The van der Waals surface area contributed by atoms with Gasteiger partial charge in [0.15, 0.2) is 11.5 Å². The molecule has 10 heteroatoms. The lowest BCUT2D eigenvalue weighted by molar-refractivity contribution is -0.385. The number of nitrogens with one attached hydrogen (secondary N) is 1. The number of aromatic nitrogens is 1. The van der Waals surface area contributed by atoms with Crippen molar-refractivity contribution in [2.75, 3.05) is 21.3 Å². The minimum Gasteiger partial charge on any atom is -0.493 e. The second-order valence-electron chi connectivity index (χ2n) is 4.82. The van der Waals surface area contributed by atoms with Crippen LogP contribution in [0.2, 0.25) is 0 Å². The van der Waals surface area contributed by atoms with E-state index in [0.29, 0.717) is 22.8 Å². The highest BCUT2D eigenvalue weighted by Crippen LogP contribution is 2.37. The number of carbonyl (C=O) groups excluding carboxylic acids is 1. The summed E-state index contributed by atoms with van der Waals surface area (Å²) in [6, 6.07) is 5.73. The van der Waals surface area contributed by atoms with Crippen molar-refractivity contribution < 1.29 is 23.9 Å². The number of hydrazone groups is 1. The monoisotopic (exact) mass is 360 g/mol. The van der Waals surface area contributed by atoms with Gasteiger partial charge in [0.25, 0.3) is 11.6 Å². The first-order valence-electron chi connectivity index (χ1n) is 7.24. The van der Waals surface area contributed by atoms with Crippen molar-refractivity contribution in [3.8, 4) is 17.2 Å². The molecule has 136 valence electrons. The first kappa shape index (κ1) is 18.6. The van der Waals surface area contributed by atoms with E-state index in [1.807, 2.05) is 0 Å². The van der Waals surface area contributed by atoms with Crippen LogP contribution in [-0.4, -0.2) is 43.4 Å². The Hall–Kier alpha value is -3.69. The predicted molar refractivity (Wildman–Crippen MR) is 92.0 cm³/mol. The summed E-state index contributed by atoms with van der Waals surface area (Å²) in [7, 11) is 4.46. The third-order valence-electron chi connectivity index (χ3n) is 3.26. The molecule has 0 aliphatic heterocycles. The Balaban J connectivity index is 2.12. The molecule has 0 unspecified atom stereocenters. The van der Waals surface area contributed by atoms with E-state index >= 15 is 0 Å². The van der Waals surface area contributed by atoms with Crippen molar-refractivity contribution >= 4 is 17.8 Å². The molecule has 1 heterocycles. The summed E-state index contributed by atoms with van der Waals surface area (Å²) < 4.78 is 15.7. The number of rotatable bonds is 7. The second kappa shape index (κ2) is 8.42. The largest absolute Gasteiger partial charge is 0.493 e. The molecule has 0 fully saturated rings. The fourth-order valence-corrected chi connectivity index (χ4v) is 2.03. The summed E-state index contributed by atoms with van der Waals surface area (Å²) in [5.41, 5.74) is 2.67. The van der Waals surface area contributed by atoms with Crippen molar-refractivity contribution in [1.82, 2.24) is 10.4 Å². The number of carbonyl (C=O) groups is 1. The van der Waals surface area contributed by atoms with E-state index in [0.717, 1.165) is 6.20 Å². The molecule has 1 aromatic heterocycles. The van der Waals surface area contributed by atoms with Gasteiger partial charge in [0.1, 0.15) is 11.9 Å². The van der Waals surface area contributed by atoms with Gasteiger partial charge in [0.05, 0.1) is 32.5 Å². The van der Waals surface area contributed by atoms with Crippen LogP contribution < -0.4 is 19.6 Å². The van der Waals surface area contributed by atoms with Crippen molar-refractivity contribution in [3.63, 3.8) is 0 Å². The molecule has 0 atom stereocenters. The number of ether oxygens (including phenoxy) is 3. The summed E-state index contributed by atoms with van der Waals surface area (Å²) in [6.07, 6.45) is 2.38. The van der Waals surface area contributed by atoms with E-state index in [1.54, 1.807) is 12.1 Å². The van der Waals surface area contributed by atoms with Gasteiger partial charge in [-0.05, 0) is 18.2 Å². The molecular formula is C16H16N4O6. The number of hydrogen-bond donors (Lipinski definition) is 1. The summed E-state index contributed by atoms with van der Waals surface area (Å²) in [4.78, 5) is 25.6. The molecule has 26 heavy (non-hydrogen) atoms. The minimum absolute atomic E-state index is 0.00218. The highest BCUT2D eigenvalue weighted by molar-refractivity contribution is 5.93. The van der Waals surface area contributed by atoms with Crippen LogP contribution in [0.3, 0.4) is 0 Å². The Morgan fingerprint density at radius 2 is 1.85 bits per heavy atom. The van der Waals surface area contributed by atoms with Crippen LogP contribution in [0.1, 0.15) is 16.1 Å². The van der Waals surface area contributed by atoms with Crippen molar-refractivity contribution in [2.24, 2.45) is 5.10 Å². The quantitative estimate of drug-likeness (QED) is 0.453. The molecule has 0 aliphatic carbocycles. The van der Waals surface area contributed by atoms with Crippen LogP contribution in [0, 0.1) is 10.1 Å². The molecule has 0 spiro atoms. The van der Waals surface area contributed by atoms with E-state index < -0.39 is 10.8 Å². The first-order chi connectivity index (χ1) is 12.5. The Morgan fingerprint density at radius 3 is 2.31 bits per heavy atom. The van der Waals surface area contributed by atoms with E-state index in [9.17, 15) is 14.9 Å². The van der Waals surface area contributed by atoms with Gasteiger partial charge in [0, 0.05) is 11.6 Å². The highest BCUT2D eigenvalue weighted by atomic mass is 16.6. The van der Waals surface area contributed by atoms with Crippen LogP contribution in [0.4, 0.5) is 5.69 Å². The number of nitro groups is 1. The number of pyridine rings is 1. The van der Waals surface area contributed by atoms with Crippen LogP contribution in [0.15, 0.2) is 35.6 Å². The predicted octanol–water partition coefficient (Wildman–Crippen LogP) is 1.78. The lowest BCUT2D eigenvalue weighted by atomic mass is 10.2. The average molecular weight is 360 g/mol. The molecule has 2 aromatic rings. The zero-order valence-corrected chi connectivity index (χ0v) is 14.3. The Bertz CT molecular complexity index is 810. The zero-order valence-electron chi connectivity index (χ0n) is 14.3. The van der Waals surface area contributed by atoms with Gasteiger partial charge in [-0.3, -0.25) is 14.9 Å². The zero-order chi connectivity index (χ0) is 19.1. The summed E-state index contributed by atoms with van der Waals surface area (Å²) in [6.45, 7) is 0. The molecule has 0 saturated carbocycles. The molecular weight excluding hydrogens is 344 g/mol. The third kappa shape index (κ3) is 4.23. The topological polar surface area (TPSA) is 125 Å². The van der Waals surface area contributed by atoms with Gasteiger partial charge >= 0.3 is 0 Å². The standard InChI is InChI=1S/C16H16N4O6/c1-24-13-6-10(7-14(25-2)15(13)26-3)8-18-19-16(21)12-5-4-11(9-17-12)20(22)23/h4-9H,1-3H3,(H,19,21)/b18-8+. The second-order valence-corrected chi connectivity index (χ2v) is 4.82. The maximum atomic E-state index is 11.9. The van der Waals surface area contributed by atoms with Crippen molar-refractivity contribution in [2.45, 2.75) is 0 Å². The number of benzene rings is 1. The SMILES string of the molecule is COc1cc(/C=N/NC(=O)c2ccc([N+](=O)[O-])cn2)cc(OC)c1OC. The first-order valence-corrected chi connectivity index (χ1v) is 7.24. The number of hydrogen-bond acceptors (Lipinski definition) is 8. The number of amides is 1. The van der Waals surface area contributed by atoms with Crippen molar-refractivity contribution in [3.05, 3.63) is 51.8 Å².